The molecular formula is C20H18N4O3S. The van der Waals surface area contributed by atoms with Gasteiger partial charge in [-0.15, -0.1) is 0 Å². The van der Waals surface area contributed by atoms with E-state index in [1.165, 1.54) is 4.90 Å². The van der Waals surface area contributed by atoms with Crippen LogP contribution in [0.5, 0.6) is 0 Å². The summed E-state index contributed by atoms with van der Waals surface area (Å²) in [7, 11) is 0. The van der Waals surface area contributed by atoms with Crippen LogP contribution in [0.25, 0.3) is 16.6 Å². The number of aromatic nitrogens is 2. The number of fused-ring (bicyclic) bond motifs is 1. The first-order valence-corrected chi connectivity index (χ1v) is 9.83. The SMILES string of the molecule is Cc1ccccc1-n1c(SCC(=O)N2CCNC2=O)nc2ccccc2c1=O. The van der Waals surface area contributed by atoms with E-state index in [1.54, 1.807) is 22.8 Å². The summed E-state index contributed by atoms with van der Waals surface area (Å²) in [5.41, 5.74) is 2.04. The topological polar surface area (TPSA) is 84.3 Å². The van der Waals surface area contributed by atoms with E-state index in [2.05, 4.69) is 10.3 Å². The van der Waals surface area contributed by atoms with E-state index in [0.717, 1.165) is 23.0 Å². The molecule has 0 saturated carbocycles. The monoisotopic (exact) mass is 394 g/mol. The highest BCUT2D eigenvalue weighted by atomic mass is 32.2. The van der Waals surface area contributed by atoms with Crippen molar-refractivity contribution < 1.29 is 9.59 Å². The highest BCUT2D eigenvalue weighted by molar-refractivity contribution is 7.99. The zero-order valence-electron chi connectivity index (χ0n) is 15.2. The van der Waals surface area contributed by atoms with E-state index in [-0.39, 0.29) is 23.3 Å². The molecule has 8 heteroatoms. The van der Waals surface area contributed by atoms with Gasteiger partial charge in [-0.05, 0) is 30.7 Å². The molecule has 1 aromatic heterocycles. The minimum atomic E-state index is -0.381. The molecule has 0 aliphatic carbocycles. The van der Waals surface area contributed by atoms with Crippen molar-refractivity contribution in [2.45, 2.75) is 12.1 Å². The molecule has 1 aliphatic rings. The maximum atomic E-state index is 13.2. The Bertz CT molecular complexity index is 1140. The molecule has 0 bridgehead atoms. The molecule has 0 atom stereocenters. The Balaban J connectivity index is 1.77. The van der Waals surface area contributed by atoms with Crippen LogP contribution >= 0.6 is 11.8 Å². The highest BCUT2D eigenvalue weighted by Gasteiger charge is 2.26. The number of hydrogen-bond donors (Lipinski definition) is 1. The normalized spacial score (nSPS) is 13.8. The molecule has 1 aliphatic heterocycles. The summed E-state index contributed by atoms with van der Waals surface area (Å²) >= 11 is 1.16. The van der Waals surface area contributed by atoms with Gasteiger partial charge in [0.05, 0.1) is 22.3 Å². The lowest BCUT2D eigenvalue weighted by Gasteiger charge is -2.16. The van der Waals surface area contributed by atoms with Crippen LogP contribution < -0.4 is 10.9 Å². The summed E-state index contributed by atoms with van der Waals surface area (Å²) < 4.78 is 1.54. The van der Waals surface area contributed by atoms with E-state index in [4.69, 9.17) is 0 Å². The van der Waals surface area contributed by atoms with Gasteiger partial charge in [0.2, 0.25) is 5.91 Å². The number of thioether (sulfide) groups is 1. The van der Waals surface area contributed by atoms with Crippen LogP contribution in [0.1, 0.15) is 5.56 Å². The molecule has 142 valence electrons. The van der Waals surface area contributed by atoms with Crippen LogP contribution in [0.4, 0.5) is 4.79 Å². The number of imide groups is 1. The second-order valence-corrected chi connectivity index (χ2v) is 7.35. The number of carbonyl (C=O) groups is 2. The molecule has 2 aromatic carbocycles. The maximum Gasteiger partial charge on any atom is 0.324 e. The molecule has 0 radical (unpaired) electrons. The lowest BCUT2D eigenvalue weighted by atomic mass is 10.2. The number of benzene rings is 2. The van der Waals surface area contributed by atoms with Crippen LogP contribution in [-0.4, -0.2) is 45.2 Å². The van der Waals surface area contributed by atoms with Crippen molar-refractivity contribution in [3.8, 4) is 5.69 Å². The number of nitrogens with zero attached hydrogens (tertiary/aromatic N) is 3. The Morgan fingerprint density at radius 1 is 1.14 bits per heavy atom. The number of nitrogens with one attached hydrogen (secondary N) is 1. The lowest BCUT2D eigenvalue weighted by molar-refractivity contribution is -0.124. The zero-order chi connectivity index (χ0) is 19.7. The molecule has 7 nitrogen and oxygen atoms in total. The van der Waals surface area contributed by atoms with Crippen molar-refractivity contribution in [3.63, 3.8) is 0 Å². The van der Waals surface area contributed by atoms with Gasteiger partial charge in [0.1, 0.15) is 0 Å². The lowest BCUT2D eigenvalue weighted by Crippen LogP contribution is -2.35. The zero-order valence-corrected chi connectivity index (χ0v) is 16.0. The number of carbonyl (C=O) groups excluding carboxylic acids is 2. The predicted molar refractivity (Wildman–Crippen MR) is 108 cm³/mol. The number of aryl methyl sites for hydroxylation is 1. The van der Waals surface area contributed by atoms with Crippen LogP contribution in [0.2, 0.25) is 0 Å². The van der Waals surface area contributed by atoms with Crippen molar-refractivity contribution >= 4 is 34.6 Å². The van der Waals surface area contributed by atoms with Gasteiger partial charge >= 0.3 is 6.03 Å². The quantitative estimate of drug-likeness (QED) is 0.542. The van der Waals surface area contributed by atoms with Crippen LogP contribution in [0.3, 0.4) is 0 Å². The van der Waals surface area contributed by atoms with Crippen LogP contribution in [-0.2, 0) is 4.79 Å². The second kappa shape index (κ2) is 7.47. The van der Waals surface area contributed by atoms with E-state index in [1.807, 2.05) is 37.3 Å². The van der Waals surface area contributed by atoms with Gasteiger partial charge < -0.3 is 5.32 Å². The average molecular weight is 394 g/mol. The van der Waals surface area contributed by atoms with Crippen LogP contribution in [0, 0.1) is 6.92 Å². The van der Waals surface area contributed by atoms with Gasteiger partial charge in [-0.2, -0.15) is 0 Å². The molecule has 0 spiro atoms. The fraction of sp³-hybridized carbons (Fsp3) is 0.200. The number of para-hydroxylation sites is 2. The molecule has 0 unspecified atom stereocenters. The van der Waals surface area contributed by atoms with E-state index >= 15 is 0 Å². The third-order valence-corrected chi connectivity index (χ3v) is 5.51. The summed E-state index contributed by atoms with van der Waals surface area (Å²) in [6, 6.07) is 14.3. The first-order valence-electron chi connectivity index (χ1n) is 8.85. The van der Waals surface area contributed by atoms with E-state index in [9.17, 15) is 14.4 Å². The smallest absolute Gasteiger partial charge is 0.324 e. The van der Waals surface area contributed by atoms with Crippen LogP contribution in [0.15, 0.2) is 58.5 Å². The molecule has 1 N–H and O–H groups in total. The van der Waals surface area contributed by atoms with E-state index < -0.39 is 0 Å². The molecule has 1 saturated heterocycles. The Hall–Kier alpha value is -3.13. The van der Waals surface area contributed by atoms with Gasteiger partial charge in [-0.1, -0.05) is 42.1 Å². The van der Waals surface area contributed by atoms with Gasteiger partial charge in [0.25, 0.3) is 5.56 Å². The number of urea groups is 1. The predicted octanol–water partition coefficient (Wildman–Crippen LogP) is 2.34. The molecule has 1 fully saturated rings. The first-order chi connectivity index (χ1) is 13.6. The van der Waals surface area contributed by atoms with Gasteiger partial charge in [0, 0.05) is 13.1 Å². The van der Waals surface area contributed by atoms with Crippen molar-refractivity contribution in [3.05, 3.63) is 64.4 Å². The Morgan fingerprint density at radius 2 is 1.89 bits per heavy atom. The van der Waals surface area contributed by atoms with Crippen molar-refractivity contribution in [2.24, 2.45) is 0 Å². The first kappa shape index (κ1) is 18.2. The largest absolute Gasteiger partial charge is 0.336 e. The standard InChI is InChI=1S/C20H18N4O3S/c1-13-6-2-5-9-16(13)24-18(26)14-7-3-4-8-15(14)22-20(24)28-12-17(25)23-11-10-21-19(23)27/h2-9H,10-12H2,1H3,(H,21,27). The molecule has 2 heterocycles. The molecule has 28 heavy (non-hydrogen) atoms. The summed E-state index contributed by atoms with van der Waals surface area (Å²) in [5.74, 6) is -0.289. The average Bonchev–Trinajstić information content (AvgIpc) is 3.13. The molecule has 3 aromatic rings. The van der Waals surface area contributed by atoms with Gasteiger partial charge in [-0.3, -0.25) is 19.1 Å². The fourth-order valence-electron chi connectivity index (χ4n) is 3.15. The number of hydrogen-bond acceptors (Lipinski definition) is 5. The van der Waals surface area contributed by atoms with Crippen molar-refractivity contribution in [2.75, 3.05) is 18.8 Å². The third kappa shape index (κ3) is 3.27. The summed E-state index contributed by atoms with van der Waals surface area (Å²) in [6.45, 7) is 2.73. The third-order valence-electron chi connectivity index (χ3n) is 4.58. The van der Waals surface area contributed by atoms with Gasteiger partial charge in [-0.25, -0.2) is 9.78 Å². The number of amides is 3. The Morgan fingerprint density at radius 3 is 2.64 bits per heavy atom. The molecule has 4 rings (SSSR count). The van der Waals surface area contributed by atoms with Crippen molar-refractivity contribution in [1.82, 2.24) is 19.8 Å². The fourth-order valence-corrected chi connectivity index (χ4v) is 4.03. The number of rotatable bonds is 4. The summed E-state index contributed by atoms with van der Waals surface area (Å²) in [4.78, 5) is 43.1. The van der Waals surface area contributed by atoms with Crippen molar-refractivity contribution in [1.29, 1.82) is 0 Å². The minimum absolute atomic E-state index is 0.0179. The minimum Gasteiger partial charge on any atom is -0.336 e. The molecular weight excluding hydrogens is 376 g/mol. The van der Waals surface area contributed by atoms with Gasteiger partial charge in [0.15, 0.2) is 5.16 Å². The maximum absolute atomic E-state index is 13.2. The van der Waals surface area contributed by atoms with E-state index in [0.29, 0.717) is 29.1 Å². The highest BCUT2D eigenvalue weighted by Crippen LogP contribution is 2.23. The molecule has 3 amide bonds. The Kier molecular flexibility index (Phi) is 4.87. The summed E-state index contributed by atoms with van der Waals surface area (Å²) in [5, 5.41) is 3.55. The Labute approximate surface area is 165 Å². The second-order valence-electron chi connectivity index (χ2n) is 6.40. The summed E-state index contributed by atoms with van der Waals surface area (Å²) in [6.07, 6.45) is 0.